The topological polar surface area (TPSA) is 63.5 Å². The van der Waals surface area contributed by atoms with Crippen LogP contribution in [-0.2, 0) is 24.2 Å². The summed E-state index contributed by atoms with van der Waals surface area (Å²) in [4.78, 5) is 17.4. The maximum atomic E-state index is 13.1. The van der Waals surface area contributed by atoms with Crippen LogP contribution in [-0.4, -0.2) is 63.0 Å². The van der Waals surface area contributed by atoms with Crippen molar-refractivity contribution in [2.75, 3.05) is 26.3 Å². The van der Waals surface area contributed by atoms with E-state index in [9.17, 15) is 4.79 Å². The average Bonchev–Trinajstić information content (AvgIpc) is 3.20. The van der Waals surface area contributed by atoms with E-state index in [2.05, 4.69) is 63.7 Å². The zero-order chi connectivity index (χ0) is 22.1. The number of hydrogen-bond acceptors (Lipinski definition) is 5. The number of aromatic nitrogens is 3. The Morgan fingerprint density at radius 1 is 1.12 bits per heavy atom. The molecule has 2 aromatic carbocycles. The highest BCUT2D eigenvalue weighted by molar-refractivity contribution is 5.93. The molecule has 2 aliphatic rings. The average molecular weight is 432 g/mol. The SMILES string of the molecule is Cc1c(C(=O)N2CCOCC2C)nnn1-c1cccc2c1CCN(Cc1ccccc1)C2. The van der Waals surface area contributed by atoms with Gasteiger partial charge in [0.05, 0.1) is 30.6 Å². The maximum absolute atomic E-state index is 13.1. The van der Waals surface area contributed by atoms with E-state index in [1.807, 2.05) is 23.4 Å². The molecule has 1 fully saturated rings. The van der Waals surface area contributed by atoms with E-state index in [4.69, 9.17) is 4.74 Å². The van der Waals surface area contributed by atoms with Gasteiger partial charge in [-0.2, -0.15) is 0 Å². The number of amides is 1. The second kappa shape index (κ2) is 8.84. The van der Waals surface area contributed by atoms with Gasteiger partial charge in [0.1, 0.15) is 0 Å². The zero-order valence-corrected chi connectivity index (χ0v) is 18.7. The van der Waals surface area contributed by atoms with Crippen LogP contribution in [0.15, 0.2) is 48.5 Å². The minimum absolute atomic E-state index is 0.0425. The Balaban J connectivity index is 1.39. The molecule has 1 saturated heterocycles. The second-order valence-electron chi connectivity index (χ2n) is 8.72. The van der Waals surface area contributed by atoms with E-state index in [-0.39, 0.29) is 11.9 Å². The predicted molar refractivity (Wildman–Crippen MR) is 122 cm³/mol. The number of nitrogens with zero attached hydrogens (tertiary/aromatic N) is 5. The Morgan fingerprint density at radius 3 is 2.78 bits per heavy atom. The lowest BCUT2D eigenvalue weighted by Crippen LogP contribution is -2.47. The molecule has 1 amide bonds. The first kappa shape index (κ1) is 20.8. The molecule has 0 spiro atoms. The first-order chi connectivity index (χ1) is 15.6. The fourth-order valence-electron chi connectivity index (χ4n) is 4.74. The molecule has 166 valence electrons. The number of carbonyl (C=O) groups is 1. The molecule has 1 unspecified atom stereocenters. The van der Waals surface area contributed by atoms with Crippen molar-refractivity contribution >= 4 is 5.91 Å². The third kappa shape index (κ3) is 3.94. The highest BCUT2D eigenvalue weighted by Crippen LogP contribution is 2.27. The summed E-state index contributed by atoms with van der Waals surface area (Å²) < 4.78 is 7.31. The number of morpholine rings is 1. The fraction of sp³-hybridized carbons (Fsp3) is 0.400. The van der Waals surface area contributed by atoms with Gasteiger partial charge in [0.25, 0.3) is 5.91 Å². The number of fused-ring (bicyclic) bond motifs is 1. The minimum atomic E-state index is -0.0663. The van der Waals surface area contributed by atoms with Crippen molar-refractivity contribution in [2.24, 2.45) is 0 Å². The molecule has 7 heteroatoms. The van der Waals surface area contributed by atoms with Gasteiger partial charge in [-0.05, 0) is 43.0 Å². The minimum Gasteiger partial charge on any atom is -0.377 e. The molecule has 32 heavy (non-hydrogen) atoms. The normalized spacial score (nSPS) is 19.1. The van der Waals surface area contributed by atoms with Crippen LogP contribution in [0.4, 0.5) is 0 Å². The lowest BCUT2D eigenvalue weighted by molar-refractivity contribution is 0.00322. The molecule has 0 radical (unpaired) electrons. The monoisotopic (exact) mass is 431 g/mol. The Hall–Kier alpha value is -3.03. The molecule has 3 heterocycles. The van der Waals surface area contributed by atoms with Gasteiger partial charge >= 0.3 is 0 Å². The molecule has 2 aliphatic heterocycles. The van der Waals surface area contributed by atoms with Crippen molar-refractivity contribution in [1.29, 1.82) is 0 Å². The van der Waals surface area contributed by atoms with E-state index in [1.165, 1.54) is 16.7 Å². The molecule has 0 bridgehead atoms. The number of benzene rings is 2. The number of ether oxygens (including phenoxy) is 1. The van der Waals surface area contributed by atoms with E-state index < -0.39 is 0 Å². The van der Waals surface area contributed by atoms with Crippen molar-refractivity contribution in [3.63, 3.8) is 0 Å². The van der Waals surface area contributed by atoms with Crippen LogP contribution in [0.3, 0.4) is 0 Å². The molecular weight excluding hydrogens is 402 g/mol. The van der Waals surface area contributed by atoms with Gasteiger partial charge in [0.2, 0.25) is 0 Å². The number of carbonyl (C=O) groups excluding carboxylic acids is 1. The largest absolute Gasteiger partial charge is 0.377 e. The molecule has 3 aromatic rings. The molecule has 0 N–H and O–H groups in total. The van der Waals surface area contributed by atoms with Crippen LogP contribution in [0.25, 0.3) is 5.69 Å². The highest BCUT2D eigenvalue weighted by Gasteiger charge is 2.29. The van der Waals surface area contributed by atoms with Crippen LogP contribution in [0.5, 0.6) is 0 Å². The lowest BCUT2D eigenvalue weighted by atomic mass is 9.97. The Bertz CT molecular complexity index is 1110. The molecule has 5 rings (SSSR count). The summed E-state index contributed by atoms with van der Waals surface area (Å²) >= 11 is 0. The third-order valence-corrected chi connectivity index (χ3v) is 6.52. The standard InChI is InChI=1S/C25H29N5O2/c1-18-17-32-14-13-29(18)25(31)24-19(2)30(27-26-24)23-10-6-9-21-16-28(12-11-22(21)23)15-20-7-4-3-5-8-20/h3-10,18H,11-17H2,1-2H3. The third-order valence-electron chi connectivity index (χ3n) is 6.52. The Labute approximate surface area is 188 Å². The van der Waals surface area contributed by atoms with Crippen LogP contribution in [0.2, 0.25) is 0 Å². The summed E-state index contributed by atoms with van der Waals surface area (Å²) in [6, 6.07) is 17.0. The first-order valence-electron chi connectivity index (χ1n) is 11.3. The summed E-state index contributed by atoms with van der Waals surface area (Å²) in [5, 5.41) is 8.69. The van der Waals surface area contributed by atoms with Crippen LogP contribution < -0.4 is 0 Å². The van der Waals surface area contributed by atoms with Crippen molar-refractivity contribution in [3.05, 3.63) is 76.6 Å². The van der Waals surface area contributed by atoms with Crippen molar-refractivity contribution in [2.45, 2.75) is 39.4 Å². The predicted octanol–water partition coefficient (Wildman–Crippen LogP) is 2.99. The molecular formula is C25H29N5O2. The summed E-state index contributed by atoms with van der Waals surface area (Å²) in [5.74, 6) is -0.0663. The van der Waals surface area contributed by atoms with Gasteiger partial charge in [-0.15, -0.1) is 5.10 Å². The molecule has 0 aliphatic carbocycles. The molecule has 1 aromatic heterocycles. The summed E-state index contributed by atoms with van der Waals surface area (Å²) in [7, 11) is 0. The van der Waals surface area contributed by atoms with Crippen molar-refractivity contribution in [3.8, 4) is 5.69 Å². The Morgan fingerprint density at radius 2 is 1.97 bits per heavy atom. The number of rotatable bonds is 4. The first-order valence-corrected chi connectivity index (χ1v) is 11.3. The second-order valence-corrected chi connectivity index (χ2v) is 8.72. The van der Waals surface area contributed by atoms with Crippen LogP contribution >= 0.6 is 0 Å². The zero-order valence-electron chi connectivity index (χ0n) is 18.7. The molecule has 0 saturated carbocycles. The van der Waals surface area contributed by atoms with Crippen molar-refractivity contribution < 1.29 is 9.53 Å². The quantitative estimate of drug-likeness (QED) is 0.636. The van der Waals surface area contributed by atoms with Gasteiger partial charge in [-0.1, -0.05) is 47.7 Å². The fourth-order valence-corrected chi connectivity index (χ4v) is 4.74. The molecule has 7 nitrogen and oxygen atoms in total. The highest BCUT2D eigenvalue weighted by atomic mass is 16.5. The summed E-state index contributed by atoms with van der Waals surface area (Å²) in [6.07, 6.45) is 0.946. The van der Waals surface area contributed by atoms with Crippen LogP contribution in [0, 0.1) is 6.92 Å². The van der Waals surface area contributed by atoms with Gasteiger partial charge in [-0.3, -0.25) is 9.69 Å². The van der Waals surface area contributed by atoms with E-state index in [1.54, 1.807) is 0 Å². The van der Waals surface area contributed by atoms with E-state index >= 15 is 0 Å². The summed E-state index contributed by atoms with van der Waals surface area (Å²) in [6.45, 7) is 8.49. The lowest BCUT2D eigenvalue weighted by Gasteiger charge is -2.32. The van der Waals surface area contributed by atoms with E-state index in [0.29, 0.717) is 25.5 Å². The van der Waals surface area contributed by atoms with Gasteiger partial charge in [0.15, 0.2) is 5.69 Å². The van der Waals surface area contributed by atoms with E-state index in [0.717, 1.165) is 37.4 Å². The van der Waals surface area contributed by atoms with Gasteiger partial charge < -0.3 is 9.64 Å². The maximum Gasteiger partial charge on any atom is 0.276 e. The van der Waals surface area contributed by atoms with Crippen LogP contribution in [0.1, 0.15) is 39.8 Å². The van der Waals surface area contributed by atoms with Crippen molar-refractivity contribution in [1.82, 2.24) is 24.8 Å². The number of hydrogen-bond donors (Lipinski definition) is 0. The van der Waals surface area contributed by atoms with Gasteiger partial charge in [0, 0.05) is 26.2 Å². The Kier molecular flexibility index (Phi) is 5.76. The van der Waals surface area contributed by atoms with Gasteiger partial charge in [-0.25, -0.2) is 4.68 Å². The summed E-state index contributed by atoms with van der Waals surface area (Å²) in [5.41, 5.74) is 6.19. The smallest absolute Gasteiger partial charge is 0.276 e. The molecule has 1 atom stereocenters.